The minimum atomic E-state index is -0.898. The van der Waals surface area contributed by atoms with Crippen LogP contribution in [0.2, 0.25) is 0 Å². The van der Waals surface area contributed by atoms with Gasteiger partial charge < -0.3 is 15.2 Å². The molecular weight excluding hydrogens is 210 g/mol. The fourth-order valence-electron chi connectivity index (χ4n) is 1.66. The molecule has 92 valence electrons. The van der Waals surface area contributed by atoms with Gasteiger partial charge in [0.2, 0.25) is 5.91 Å². The van der Waals surface area contributed by atoms with E-state index >= 15 is 0 Å². The Kier molecular flexibility index (Phi) is 4.73. The lowest BCUT2D eigenvalue weighted by atomic mass is 10.0. The molecule has 0 aromatic rings. The molecule has 0 spiro atoms. The Morgan fingerprint density at radius 1 is 1.50 bits per heavy atom. The highest BCUT2D eigenvalue weighted by Crippen LogP contribution is 2.15. The third kappa shape index (κ3) is 3.81. The van der Waals surface area contributed by atoms with Gasteiger partial charge in [-0.1, -0.05) is 0 Å². The second kappa shape index (κ2) is 5.84. The first-order chi connectivity index (χ1) is 7.50. The van der Waals surface area contributed by atoms with Crippen molar-refractivity contribution in [2.45, 2.75) is 45.3 Å². The van der Waals surface area contributed by atoms with Crippen molar-refractivity contribution in [3.63, 3.8) is 0 Å². The van der Waals surface area contributed by atoms with Crippen LogP contribution in [0.3, 0.4) is 0 Å². The molecule has 1 fully saturated rings. The third-order valence-corrected chi connectivity index (χ3v) is 2.97. The monoisotopic (exact) mass is 229 g/mol. The van der Waals surface area contributed by atoms with Crippen molar-refractivity contribution in [2.24, 2.45) is 5.92 Å². The Morgan fingerprint density at radius 2 is 2.19 bits per heavy atom. The molecule has 1 amide bonds. The molecule has 1 heterocycles. The quantitative estimate of drug-likeness (QED) is 0.730. The summed E-state index contributed by atoms with van der Waals surface area (Å²) in [5.41, 5.74) is 0. The first-order valence-corrected chi connectivity index (χ1v) is 5.64. The molecule has 5 heteroatoms. The van der Waals surface area contributed by atoms with E-state index in [0.29, 0.717) is 6.42 Å². The van der Waals surface area contributed by atoms with Gasteiger partial charge in [-0.3, -0.25) is 9.59 Å². The van der Waals surface area contributed by atoms with Crippen LogP contribution >= 0.6 is 0 Å². The van der Waals surface area contributed by atoms with Crippen molar-refractivity contribution < 1.29 is 19.4 Å². The average Bonchev–Trinajstić information content (AvgIpc) is 2.68. The number of carbonyl (C=O) groups is 2. The molecule has 5 nitrogen and oxygen atoms in total. The number of rotatable bonds is 5. The van der Waals surface area contributed by atoms with Gasteiger partial charge in [0, 0.05) is 12.6 Å². The van der Waals surface area contributed by atoms with Crippen molar-refractivity contribution in [3.8, 4) is 0 Å². The van der Waals surface area contributed by atoms with Crippen LogP contribution in [0.1, 0.15) is 33.1 Å². The summed E-state index contributed by atoms with van der Waals surface area (Å²) < 4.78 is 5.34. The highest BCUT2D eigenvalue weighted by molar-refractivity contribution is 5.78. The van der Waals surface area contributed by atoms with Gasteiger partial charge in [-0.15, -0.1) is 0 Å². The van der Waals surface area contributed by atoms with E-state index < -0.39 is 11.9 Å². The average molecular weight is 229 g/mol. The molecule has 1 saturated heterocycles. The van der Waals surface area contributed by atoms with Crippen molar-refractivity contribution in [1.29, 1.82) is 0 Å². The van der Waals surface area contributed by atoms with E-state index in [1.165, 1.54) is 0 Å². The zero-order valence-corrected chi connectivity index (χ0v) is 9.73. The van der Waals surface area contributed by atoms with Crippen LogP contribution in [0.4, 0.5) is 0 Å². The van der Waals surface area contributed by atoms with Crippen LogP contribution < -0.4 is 5.32 Å². The summed E-state index contributed by atoms with van der Waals surface area (Å²) in [7, 11) is 0. The van der Waals surface area contributed by atoms with E-state index in [1.54, 1.807) is 13.8 Å². The van der Waals surface area contributed by atoms with Crippen molar-refractivity contribution in [2.75, 3.05) is 6.61 Å². The molecular formula is C11H19NO4. The summed E-state index contributed by atoms with van der Waals surface area (Å²) in [5, 5.41) is 11.5. The zero-order valence-electron chi connectivity index (χ0n) is 9.73. The molecule has 0 aliphatic carbocycles. The number of hydrogen-bond acceptors (Lipinski definition) is 3. The smallest absolute Gasteiger partial charge is 0.308 e. The summed E-state index contributed by atoms with van der Waals surface area (Å²) in [6.45, 7) is 4.00. The number of nitrogens with one attached hydrogen (secondary N) is 1. The van der Waals surface area contributed by atoms with Gasteiger partial charge in [-0.2, -0.15) is 0 Å². The second-order valence-electron chi connectivity index (χ2n) is 4.32. The maximum absolute atomic E-state index is 11.6. The van der Waals surface area contributed by atoms with Crippen LogP contribution in [0.25, 0.3) is 0 Å². The van der Waals surface area contributed by atoms with Crippen molar-refractivity contribution >= 4 is 11.9 Å². The van der Waals surface area contributed by atoms with Crippen molar-refractivity contribution in [1.82, 2.24) is 5.32 Å². The van der Waals surface area contributed by atoms with Gasteiger partial charge in [-0.05, 0) is 26.7 Å². The maximum Gasteiger partial charge on any atom is 0.308 e. The van der Waals surface area contributed by atoms with Crippen LogP contribution in [0.5, 0.6) is 0 Å². The van der Waals surface area contributed by atoms with E-state index in [-0.39, 0.29) is 18.1 Å². The van der Waals surface area contributed by atoms with Gasteiger partial charge in [0.25, 0.3) is 0 Å². The summed E-state index contributed by atoms with van der Waals surface area (Å²) in [6.07, 6.45) is 2.25. The van der Waals surface area contributed by atoms with E-state index in [4.69, 9.17) is 9.84 Å². The third-order valence-electron chi connectivity index (χ3n) is 2.97. The molecule has 0 radical (unpaired) electrons. The first-order valence-electron chi connectivity index (χ1n) is 5.64. The van der Waals surface area contributed by atoms with Crippen LogP contribution in [0.15, 0.2) is 0 Å². The Bertz CT molecular complexity index is 261. The van der Waals surface area contributed by atoms with Gasteiger partial charge in [0.15, 0.2) is 0 Å². The van der Waals surface area contributed by atoms with Crippen molar-refractivity contribution in [3.05, 3.63) is 0 Å². The number of carbonyl (C=O) groups excluding carboxylic acids is 1. The second-order valence-corrected chi connectivity index (χ2v) is 4.32. The number of carboxylic acid groups (broad SMARTS) is 1. The number of carboxylic acids is 1. The molecule has 0 aromatic heterocycles. The fraction of sp³-hybridized carbons (Fsp3) is 0.818. The molecule has 3 atom stereocenters. The predicted molar refractivity (Wildman–Crippen MR) is 58.0 cm³/mol. The topological polar surface area (TPSA) is 75.6 Å². The molecule has 3 unspecified atom stereocenters. The SMILES string of the molecule is CC(NC(=O)CC1CCCO1)C(C)C(=O)O. The summed E-state index contributed by atoms with van der Waals surface area (Å²) in [5.74, 6) is -1.61. The lowest BCUT2D eigenvalue weighted by Gasteiger charge is -2.18. The van der Waals surface area contributed by atoms with Gasteiger partial charge in [0.05, 0.1) is 18.4 Å². The Labute approximate surface area is 95.2 Å². The minimum absolute atomic E-state index is 0.00679. The number of amides is 1. The Morgan fingerprint density at radius 3 is 2.69 bits per heavy atom. The predicted octanol–water partition coefficient (Wildman–Crippen LogP) is 0.781. The summed E-state index contributed by atoms with van der Waals surface area (Å²) >= 11 is 0. The standard InChI is InChI=1S/C11H19NO4/c1-7(11(14)15)8(2)12-10(13)6-9-4-3-5-16-9/h7-9H,3-6H2,1-2H3,(H,12,13)(H,14,15). The van der Waals surface area contributed by atoms with Crippen LogP contribution in [-0.4, -0.2) is 35.7 Å². The van der Waals surface area contributed by atoms with E-state index in [1.807, 2.05) is 0 Å². The lowest BCUT2D eigenvalue weighted by Crippen LogP contribution is -2.41. The van der Waals surface area contributed by atoms with Crippen LogP contribution in [0, 0.1) is 5.92 Å². The largest absolute Gasteiger partial charge is 0.481 e. The number of ether oxygens (including phenoxy) is 1. The summed E-state index contributed by atoms with van der Waals surface area (Å²) in [6, 6.07) is -0.355. The normalized spacial score (nSPS) is 23.8. The van der Waals surface area contributed by atoms with Crippen LogP contribution in [-0.2, 0) is 14.3 Å². The Hall–Kier alpha value is -1.10. The van der Waals surface area contributed by atoms with Gasteiger partial charge in [-0.25, -0.2) is 0 Å². The first kappa shape index (κ1) is 13.0. The fourth-order valence-corrected chi connectivity index (χ4v) is 1.66. The van der Waals surface area contributed by atoms with E-state index in [0.717, 1.165) is 19.4 Å². The molecule has 1 aliphatic rings. The zero-order chi connectivity index (χ0) is 12.1. The van der Waals surface area contributed by atoms with Gasteiger partial charge >= 0.3 is 5.97 Å². The minimum Gasteiger partial charge on any atom is -0.481 e. The molecule has 0 aromatic carbocycles. The molecule has 0 saturated carbocycles. The molecule has 2 N–H and O–H groups in total. The molecule has 1 rings (SSSR count). The molecule has 16 heavy (non-hydrogen) atoms. The van der Waals surface area contributed by atoms with Gasteiger partial charge in [0.1, 0.15) is 0 Å². The van der Waals surface area contributed by atoms with E-state index in [2.05, 4.69) is 5.32 Å². The highest BCUT2D eigenvalue weighted by atomic mass is 16.5. The van der Waals surface area contributed by atoms with E-state index in [9.17, 15) is 9.59 Å². The molecule has 1 aliphatic heterocycles. The Balaban J connectivity index is 2.29. The number of hydrogen-bond donors (Lipinski definition) is 2. The maximum atomic E-state index is 11.6. The summed E-state index contributed by atoms with van der Waals surface area (Å²) in [4.78, 5) is 22.2. The molecule has 0 bridgehead atoms. The lowest BCUT2D eigenvalue weighted by molar-refractivity contribution is -0.142. The number of aliphatic carboxylic acids is 1. The highest BCUT2D eigenvalue weighted by Gasteiger charge is 2.23.